The minimum Gasteiger partial charge on any atom is -0.310 e. The maximum Gasteiger partial charge on any atom is 0.0292 e. The van der Waals surface area contributed by atoms with Crippen LogP contribution in [0, 0.1) is 5.92 Å². The van der Waals surface area contributed by atoms with Gasteiger partial charge in [-0.3, -0.25) is 4.98 Å². The lowest BCUT2D eigenvalue weighted by molar-refractivity contribution is 0.539. The second-order valence-corrected chi connectivity index (χ2v) is 4.19. The van der Waals surface area contributed by atoms with Crippen LogP contribution in [0.2, 0.25) is 0 Å². The number of rotatable bonds is 5. The van der Waals surface area contributed by atoms with Crippen LogP contribution in [-0.4, -0.2) is 11.5 Å². The minimum absolute atomic E-state index is 0.455. The van der Waals surface area contributed by atoms with E-state index in [1.165, 1.54) is 24.8 Å². The summed E-state index contributed by atoms with van der Waals surface area (Å²) in [7, 11) is 0. The Morgan fingerprint density at radius 3 is 2.79 bits per heavy atom. The molecule has 1 N–H and O–H groups in total. The number of hydrogen-bond donors (Lipinski definition) is 1. The number of nitrogens with one attached hydrogen (secondary N) is 1. The minimum atomic E-state index is 0.455. The van der Waals surface area contributed by atoms with Gasteiger partial charge in [0.05, 0.1) is 0 Å². The summed E-state index contributed by atoms with van der Waals surface area (Å²) in [6, 6.07) is 4.61. The molecule has 0 aromatic carbocycles. The van der Waals surface area contributed by atoms with Crippen molar-refractivity contribution >= 4 is 0 Å². The summed E-state index contributed by atoms with van der Waals surface area (Å²) < 4.78 is 0. The maximum absolute atomic E-state index is 4.02. The molecule has 1 heterocycles. The fourth-order valence-corrected chi connectivity index (χ4v) is 1.68. The lowest BCUT2D eigenvalue weighted by atomic mass is 10.1. The van der Waals surface area contributed by atoms with Gasteiger partial charge in [0.15, 0.2) is 0 Å². The van der Waals surface area contributed by atoms with E-state index in [1.807, 2.05) is 12.4 Å². The first-order valence-corrected chi connectivity index (χ1v) is 5.49. The van der Waals surface area contributed by atoms with E-state index in [0.717, 1.165) is 12.5 Å². The summed E-state index contributed by atoms with van der Waals surface area (Å²) >= 11 is 0. The average molecular weight is 190 g/mol. The van der Waals surface area contributed by atoms with Gasteiger partial charge in [0.25, 0.3) is 0 Å². The van der Waals surface area contributed by atoms with Gasteiger partial charge in [-0.25, -0.2) is 0 Å². The van der Waals surface area contributed by atoms with Crippen LogP contribution < -0.4 is 5.32 Å². The Kier molecular flexibility index (Phi) is 3.14. The molecule has 0 saturated heterocycles. The van der Waals surface area contributed by atoms with Crippen molar-refractivity contribution in [3.63, 3.8) is 0 Å². The molecule has 0 unspecified atom stereocenters. The maximum atomic E-state index is 4.02. The van der Waals surface area contributed by atoms with Crippen LogP contribution in [0.1, 0.15) is 37.8 Å². The zero-order valence-electron chi connectivity index (χ0n) is 8.74. The van der Waals surface area contributed by atoms with Gasteiger partial charge in [-0.15, -0.1) is 0 Å². The van der Waals surface area contributed by atoms with Crippen molar-refractivity contribution in [1.82, 2.24) is 10.3 Å². The highest BCUT2D eigenvalue weighted by atomic mass is 14.9. The highest BCUT2D eigenvalue weighted by Gasteiger charge is 2.20. The topological polar surface area (TPSA) is 24.9 Å². The largest absolute Gasteiger partial charge is 0.310 e. The quantitative estimate of drug-likeness (QED) is 0.771. The number of nitrogens with zero attached hydrogens (tertiary/aromatic N) is 1. The van der Waals surface area contributed by atoms with Crippen LogP contribution in [0.3, 0.4) is 0 Å². The van der Waals surface area contributed by atoms with Crippen LogP contribution in [0.5, 0.6) is 0 Å². The Morgan fingerprint density at radius 1 is 1.43 bits per heavy atom. The van der Waals surface area contributed by atoms with Crippen LogP contribution in [0.4, 0.5) is 0 Å². The molecule has 1 aromatic rings. The first-order valence-electron chi connectivity index (χ1n) is 5.49. The van der Waals surface area contributed by atoms with Gasteiger partial charge >= 0.3 is 0 Å². The molecule has 1 atom stereocenters. The summed E-state index contributed by atoms with van der Waals surface area (Å²) in [5.74, 6) is 1.02. The summed E-state index contributed by atoms with van der Waals surface area (Å²) in [6.07, 6.45) is 7.95. The van der Waals surface area contributed by atoms with Crippen molar-refractivity contribution in [3.8, 4) is 0 Å². The van der Waals surface area contributed by atoms with E-state index in [9.17, 15) is 0 Å². The Bertz CT molecular complexity index is 267. The third kappa shape index (κ3) is 2.81. The van der Waals surface area contributed by atoms with Crippen LogP contribution in [-0.2, 0) is 0 Å². The van der Waals surface area contributed by atoms with Gasteiger partial charge in [-0.1, -0.05) is 12.8 Å². The van der Waals surface area contributed by atoms with Gasteiger partial charge in [0.1, 0.15) is 0 Å². The number of aromatic nitrogens is 1. The molecule has 2 nitrogen and oxygen atoms in total. The second-order valence-electron chi connectivity index (χ2n) is 4.19. The third-order valence-corrected chi connectivity index (χ3v) is 2.91. The molecule has 1 aliphatic carbocycles. The molecule has 76 valence electrons. The smallest absolute Gasteiger partial charge is 0.0292 e. The molecule has 2 heteroatoms. The lowest BCUT2D eigenvalue weighted by Gasteiger charge is -2.13. The van der Waals surface area contributed by atoms with Gasteiger partial charge in [-0.2, -0.15) is 0 Å². The molecule has 1 saturated carbocycles. The molecular formula is C12H18N2. The van der Waals surface area contributed by atoms with Gasteiger partial charge in [0.2, 0.25) is 0 Å². The van der Waals surface area contributed by atoms with E-state index in [-0.39, 0.29) is 0 Å². The molecule has 0 bridgehead atoms. The molecule has 1 aliphatic rings. The molecule has 1 fully saturated rings. The third-order valence-electron chi connectivity index (χ3n) is 2.91. The standard InChI is InChI=1S/C12H18N2/c1-10(12-5-7-13-8-6-12)14-9-4-11-2-3-11/h5-8,10-11,14H,2-4,9H2,1H3/t10-/m1/s1. The Labute approximate surface area is 85.7 Å². The normalized spacial score (nSPS) is 18.1. The van der Waals surface area contributed by atoms with E-state index < -0.39 is 0 Å². The van der Waals surface area contributed by atoms with Crippen molar-refractivity contribution in [1.29, 1.82) is 0 Å². The van der Waals surface area contributed by atoms with Crippen LogP contribution in [0.15, 0.2) is 24.5 Å². The second kappa shape index (κ2) is 4.56. The van der Waals surface area contributed by atoms with E-state index in [0.29, 0.717) is 6.04 Å². The van der Waals surface area contributed by atoms with Crippen LogP contribution in [0.25, 0.3) is 0 Å². The predicted octanol–water partition coefficient (Wildman–Crippen LogP) is 2.53. The Morgan fingerprint density at radius 2 is 2.14 bits per heavy atom. The highest BCUT2D eigenvalue weighted by Crippen LogP contribution is 2.31. The first kappa shape index (κ1) is 9.66. The molecule has 0 amide bonds. The van der Waals surface area contributed by atoms with Gasteiger partial charge in [-0.05, 0) is 43.5 Å². The molecule has 0 aliphatic heterocycles. The van der Waals surface area contributed by atoms with E-state index in [2.05, 4.69) is 29.4 Å². The lowest BCUT2D eigenvalue weighted by Crippen LogP contribution is -2.20. The summed E-state index contributed by atoms with van der Waals surface area (Å²) in [4.78, 5) is 4.02. The molecule has 1 aromatic heterocycles. The summed E-state index contributed by atoms with van der Waals surface area (Å²) in [6.45, 7) is 3.36. The van der Waals surface area contributed by atoms with Gasteiger partial charge < -0.3 is 5.32 Å². The number of hydrogen-bond acceptors (Lipinski definition) is 2. The molecule has 2 rings (SSSR count). The van der Waals surface area contributed by atoms with Crippen molar-refractivity contribution in [3.05, 3.63) is 30.1 Å². The Balaban J connectivity index is 1.74. The zero-order chi connectivity index (χ0) is 9.80. The SMILES string of the molecule is C[C@@H](NCCC1CC1)c1ccncc1. The van der Waals surface area contributed by atoms with Crippen molar-refractivity contribution in [2.45, 2.75) is 32.2 Å². The molecule has 14 heavy (non-hydrogen) atoms. The fourth-order valence-electron chi connectivity index (χ4n) is 1.68. The molecule has 0 spiro atoms. The summed E-state index contributed by atoms with van der Waals surface area (Å²) in [5, 5.41) is 3.54. The highest BCUT2D eigenvalue weighted by molar-refractivity contribution is 5.13. The molecular weight excluding hydrogens is 172 g/mol. The summed E-state index contributed by atoms with van der Waals surface area (Å²) in [5.41, 5.74) is 1.33. The van der Waals surface area contributed by atoms with Gasteiger partial charge in [0, 0.05) is 18.4 Å². The Hall–Kier alpha value is -0.890. The predicted molar refractivity (Wildman–Crippen MR) is 58.0 cm³/mol. The van der Waals surface area contributed by atoms with E-state index >= 15 is 0 Å². The zero-order valence-corrected chi connectivity index (χ0v) is 8.74. The number of pyridine rings is 1. The van der Waals surface area contributed by atoms with Crippen molar-refractivity contribution in [2.24, 2.45) is 5.92 Å². The van der Waals surface area contributed by atoms with E-state index in [1.54, 1.807) is 0 Å². The van der Waals surface area contributed by atoms with E-state index in [4.69, 9.17) is 0 Å². The van der Waals surface area contributed by atoms with Crippen molar-refractivity contribution in [2.75, 3.05) is 6.54 Å². The molecule has 0 radical (unpaired) electrons. The fraction of sp³-hybridized carbons (Fsp3) is 0.583. The average Bonchev–Trinajstić information content (AvgIpc) is 3.03. The van der Waals surface area contributed by atoms with Crippen molar-refractivity contribution < 1.29 is 0 Å². The van der Waals surface area contributed by atoms with Crippen LogP contribution >= 0.6 is 0 Å². The monoisotopic (exact) mass is 190 g/mol. The first-order chi connectivity index (χ1) is 6.86.